The number of carbonyl (C=O) groups excluding carboxylic acids is 1. The molecule has 0 aromatic heterocycles. The maximum absolute atomic E-state index is 13.5. The molecule has 22 aliphatic rings. The first-order valence-corrected chi connectivity index (χ1v) is 28.2. The second kappa shape index (κ2) is 29.2. The SMILES string of the molecule is O=C(NC[C@H]1O[C@@H]2O[C@H]3[C@H](O)[C@@H](O)[C@@H](O[C@H]4[C@H](O)[C@@H](O)[C@@H](O[C@H]5[C@H](O)[C@@H](O)[C@@H](O[C@H]6[C@H](O)[C@@H](O)[C@@H](O[C@H]7[C@H](O)[C@@H](O)[C@@H](O[C@H]8[C@H](O)[C@@H](O)[C@@H](O[C@H]1[C@H](O)[C@H]2O)O[C@@H]8CO)O[C@@H]7CO)O[C@@H]6CO)O[C@@H]5CO)O[C@@H]4CO)O[C@@H]3CO)C1CCCCC1. The van der Waals surface area contributed by atoms with E-state index < -0.39 is 273 Å². The first-order chi connectivity index (χ1) is 40.6. The fraction of sp³-hybridized carbons (Fsp3) is 0.980. The lowest BCUT2D eigenvalue weighted by atomic mass is 9.88. The summed E-state index contributed by atoms with van der Waals surface area (Å²) in [4.78, 5) is 13.5. The monoisotopic (exact) mass is 1240 g/mol. The highest BCUT2D eigenvalue weighted by Gasteiger charge is 2.59. The van der Waals surface area contributed by atoms with E-state index >= 15 is 0 Å². The van der Waals surface area contributed by atoms with Crippen LogP contribution in [0.3, 0.4) is 0 Å². The van der Waals surface area contributed by atoms with Crippen LogP contribution in [0.15, 0.2) is 0 Å². The second-order valence-electron chi connectivity index (χ2n) is 22.5. The van der Waals surface area contributed by atoms with Gasteiger partial charge in [-0.3, -0.25) is 4.79 Å². The summed E-state index contributed by atoms with van der Waals surface area (Å²) < 4.78 is 81.2. The van der Waals surface area contributed by atoms with Gasteiger partial charge in [0.25, 0.3) is 0 Å². The Labute approximate surface area is 482 Å². The molecule has 0 unspecified atom stereocenters. The van der Waals surface area contributed by atoms with E-state index in [-0.39, 0.29) is 0 Å². The van der Waals surface area contributed by atoms with Gasteiger partial charge in [-0.25, -0.2) is 0 Å². The van der Waals surface area contributed by atoms with E-state index in [1.165, 1.54) is 0 Å². The van der Waals surface area contributed by atoms with E-state index in [1.54, 1.807) is 0 Å². The van der Waals surface area contributed by atoms with E-state index in [2.05, 4.69) is 5.32 Å². The molecule has 0 spiro atoms. The van der Waals surface area contributed by atoms with Crippen molar-refractivity contribution < 1.29 is 173 Å². The van der Waals surface area contributed by atoms with E-state index in [0.29, 0.717) is 12.8 Å². The minimum Gasteiger partial charge on any atom is -0.394 e. The van der Waals surface area contributed by atoms with Gasteiger partial charge in [-0.05, 0) is 12.8 Å². The fourth-order valence-electron chi connectivity index (χ4n) is 12.1. The van der Waals surface area contributed by atoms with Crippen LogP contribution < -0.4 is 5.32 Å². The van der Waals surface area contributed by atoms with Crippen molar-refractivity contribution in [2.24, 2.45) is 5.92 Å². The van der Waals surface area contributed by atoms with Crippen LogP contribution in [0.5, 0.6) is 0 Å². The van der Waals surface area contributed by atoms with Gasteiger partial charge in [0.15, 0.2) is 44.0 Å². The number of aliphatic hydroxyl groups excluding tert-OH is 20. The average Bonchev–Trinajstić information content (AvgIpc) is 2.31. The van der Waals surface area contributed by atoms with Crippen LogP contribution in [0.1, 0.15) is 32.1 Å². The van der Waals surface area contributed by atoms with Gasteiger partial charge in [-0.1, -0.05) is 19.3 Å². The molecule has 1 aliphatic carbocycles. The molecule has 0 aromatic carbocycles. The van der Waals surface area contributed by atoms with Crippen LogP contribution in [0.2, 0.25) is 0 Å². The Bertz CT molecular complexity index is 2080. The quantitative estimate of drug-likeness (QED) is 0.102. The van der Waals surface area contributed by atoms with Crippen molar-refractivity contribution in [2.75, 3.05) is 46.2 Å². The van der Waals surface area contributed by atoms with Crippen molar-refractivity contribution in [3.63, 3.8) is 0 Å². The predicted octanol–water partition coefficient (Wildman–Crippen LogP) is -13.5. The number of hydrogen-bond donors (Lipinski definition) is 21. The van der Waals surface area contributed by atoms with Crippen molar-refractivity contribution in [1.29, 1.82) is 0 Å². The summed E-state index contributed by atoms with van der Waals surface area (Å²) in [7, 11) is 0. The molecule has 36 nitrogen and oxygen atoms in total. The Balaban J connectivity index is 1.01. The molecule has 22 fully saturated rings. The van der Waals surface area contributed by atoms with Gasteiger partial charge in [-0.2, -0.15) is 0 Å². The molecule has 21 saturated heterocycles. The van der Waals surface area contributed by atoms with E-state index in [4.69, 9.17) is 66.3 Å². The zero-order chi connectivity index (χ0) is 61.5. The highest BCUT2D eigenvalue weighted by atomic mass is 16.8. The van der Waals surface area contributed by atoms with Gasteiger partial charge >= 0.3 is 0 Å². The van der Waals surface area contributed by atoms with Gasteiger partial charge in [0, 0.05) is 12.5 Å². The summed E-state index contributed by atoms with van der Waals surface area (Å²) in [6, 6.07) is 0. The first kappa shape index (κ1) is 67.5. The van der Waals surface area contributed by atoms with Crippen LogP contribution >= 0.6 is 0 Å². The summed E-state index contributed by atoms with van der Waals surface area (Å²) in [5.74, 6) is -0.870. The number of amides is 1. The maximum atomic E-state index is 13.5. The molecule has 22 rings (SSSR count). The Kier molecular flexibility index (Phi) is 23.2. The first-order valence-electron chi connectivity index (χ1n) is 28.2. The molecule has 21 heterocycles. The number of nitrogens with one attached hydrogen (secondary N) is 1. The van der Waals surface area contributed by atoms with E-state index in [9.17, 15) is 107 Å². The zero-order valence-corrected chi connectivity index (χ0v) is 45.3. The van der Waals surface area contributed by atoms with Crippen LogP contribution in [0, 0.1) is 5.92 Å². The summed E-state index contributed by atoms with van der Waals surface area (Å²) >= 11 is 0. The van der Waals surface area contributed by atoms with Gasteiger partial charge in [0.05, 0.1) is 39.6 Å². The molecule has 21 aliphatic heterocycles. The third-order valence-corrected chi connectivity index (χ3v) is 17.1. The molecule has 492 valence electrons. The Morgan fingerprint density at radius 3 is 0.659 bits per heavy atom. The lowest BCUT2D eigenvalue weighted by Crippen LogP contribution is -2.68. The molecule has 85 heavy (non-hydrogen) atoms. The van der Waals surface area contributed by atoms with Gasteiger partial charge in [0.1, 0.15) is 171 Å². The minimum absolute atomic E-state index is 0.434. The summed E-state index contributed by atoms with van der Waals surface area (Å²) in [5.41, 5.74) is 0. The van der Waals surface area contributed by atoms with Crippen molar-refractivity contribution >= 4 is 5.91 Å². The number of ether oxygens (including phenoxy) is 14. The number of aliphatic hydroxyl groups is 20. The van der Waals surface area contributed by atoms with E-state index in [1.807, 2.05) is 0 Å². The normalized spacial score (nSPS) is 52.5. The largest absolute Gasteiger partial charge is 0.394 e. The molecular weight excluding hydrogens is 1160 g/mol. The molecule has 0 aromatic rings. The number of rotatable bonds is 9. The maximum Gasteiger partial charge on any atom is 0.223 e. The van der Waals surface area contributed by atoms with Crippen molar-refractivity contribution in [1.82, 2.24) is 5.32 Å². The third kappa shape index (κ3) is 13.8. The van der Waals surface area contributed by atoms with Crippen molar-refractivity contribution in [3.05, 3.63) is 0 Å². The summed E-state index contributed by atoms with van der Waals surface area (Å²) in [6.07, 6.45) is -66.9. The van der Waals surface area contributed by atoms with Crippen molar-refractivity contribution in [2.45, 2.75) is 247 Å². The van der Waals surface area contributed by atoms with Gasteiger partial charge < -0.3 is 174 Å². The Morgan fingerprint density at radius 1 is 0.271 bits per heavy atom. The third-order valence-electron chi connectivity index (χ3n) is 17.1. The molecule has 35 atom stereocenters. The molecular formula is C49H81NO35. The second-order valence-corrected chi connectivity index (χ2v) is 22.5. The molecule has 21 N–H and O–H groups in total. The summed E-state index contributed by atoms with van der Waals surface area (Å²) in [5, 5.41) is 226. The lowest BCUT2D eigenvalue weighted by molar-refractivity contribution is -0.396. The highest BCUT2D eigenvalue weighted by molar-refractivity contribution is 5.78. The Morgan fingerprint density at radius 2 is 0.459 bits per heavy atom. The Hall–Kier alpha value is -1.89. The fourth-order valence-corrected chi connectivity index (χ4v) is 12.1. The molecule has 36 heteroatoms. The van der Waals surface area contributed by atoms with Gasteiger partial charge in [0.2, 0.25) is 5.91 Å². The minimum atomic E-state index is -2.22. The molecule has 1 saturated carbocycles. The van der Waals surface area contributed by atoms with Crippen LogP contribution in [-0.4, -0.2) is 369 Å². The number of hydrogen-bond acceptors (Lipinski definition) is 35. The standard InChI is InChI=1S/C49H81NO35/c51-7-15-36-23(59)30(66)45(74-15)82-38-17(9-53)76-47(32(68)25(38)61)84-40-19(11-55)78-49(34(70)27(40)63)85-41-20(12-56)77-48(33(69)26(41)62)83-39-18(10-54)75-46(31(67)24(39)60)81-37-16(8-52)73-44(29(65)22(37)58)79-35-14(72-43(80-36)28(64)21(35)57)6-50-42(71)13-4-2-1-3-5-13/h13-41,43-49,51-70H,1-12H2,(H,50,71)/t14-,15-,16-,17-,18-,19-,20-,21-,22-,23-,24-,25-,26-,27-,28-,29-,30-,31-,32-,33-,34-,35-,36-,37-,38-,39-,40-,41-,43-,44-,45-,46-,47-,48-,49-/m1/s1. The van der Waals surface area contributed by atoms with Crippen molar-refractivity contribution in [3.8, 4) is 0 Å². The molecule has 14 bridgehead atoms. The molecule has 0 radical (unpaired) electrons. The number of carbonyl (C=O) groups is 1. The van der Waals surface area contributed by atoms with Crippen LogP contribution in [0.4, 0.5) is 0 Å². The van der Waals surface area contributed by atoms with Crippen LogP contribution in [-0.2, 0) is 71.1 Å². The van der Waals surface area contributed by atoms with E-state index in [0.717, 1.165) is 19.3 Å². The predicted molar refractivity (Wildman–Crippen MR) is 261 cm³/mol. The lowest BCUT2D eigenvalue weighted by Gasteiger charge is -2.50. The molecule has 1 amide bonds. The van der Waals surface area contributed by atoms with Gasteiger partial charge in [-0.15, -0.1) is 0 Å². The highest BCUT2D eigenvalue weighted by Crippen LogP contribution is 2.39. The average molecular weight is 1240 g/mol. The smallest absolute Gasteiger partial charge is 0.223 e. The summed E-state index contributed by atoms with van der Waals surface area (Å²) in [6.45, 7) is -6.82. The van der Waals surface area contributed by atoms with Crippen LogP contribution in [0.25, 0.3) is 0 Å². The topological polar surface area (TPSA) is 563 Å². The zero-order valence-electron chi connectivity index (χ0n) is 45.3.